The van der Waals surface area contributed by atoms with Crippen molar-refractivity contribution in [1.29, 1.82) is 0 Å². The molecule has 0 N–H and O–H groups in total. The second kappa shape index (κ2) is 7.12. The molecular weight excluding hydrogens is 374 g/mol. The van der Waals surface area contributed by atoms with Gasteiger partial charge >= 0.3 is 0 Å². The molecule has 8 nitrogen and oxygen atoms in total. The molecule has 0 saturated carbocycles. The lowest BCUT2D eigenvalue weighted by Gasteiger charge is -2.19. The third-order valence-electron chi connectivity index (χ3n) is 5.00. The number of hydrogen-bond acceptors (Lipinski definition) is 7. The van der Waals surface area contributed by atoms with Gasteiger partial charge in [-0.15, -0.1) is 0 Å². The minimum Gasteiger partial charge on any atom is -0.492 e. The number of fused-ring (bicyclic) bond motifs is 1. The molecule has 29 heavy (non-hydrogen) atoms. The maximum Gasteiger partial charge on any atom is 0.232 e. The molecule has 148 valence electrons. The van der Waals surface area contributed by atoms with E-state index in [1.807, 2.05) is 49.4 Å². The van der Waals surface area contributed by atoms with Gasteiger partial charge in [0.2, 0.25) is 24.4 Å². The molecule has 1 saturated heterocycles. The SMILES string of the molecule is CCOc1ccccc1N1CC(c2nc(-c3ccc4c(c3)OCO4)no2)CC1=O. The van der Waals surface area contributed by atoms with E-state index in [1.165, 1.54) is 0 Å². The molecule has 1 unspecified atom stereocenters. The molecule has 3 heterocycles. The van der Waals surface area contributed by atoms with Crippen molar-refractivity contribution in [2.24, 2.45) is 0 Å². The van der Waals surface area contributed by atoms with Gasteiger partial charge in [0.05, 0.1) is 18.2 Å². The molecule has 1 amide bonds. The van der Waals surface area contributed by atoms with E-state index in [4.69, 9.17) is 18.7 Å². The van der Waals surface area contributed by atoms with Crippen molar-refractivity contribution < 1.29 is 23.5 Å². The predicted molar refractivity (Wildman–Crippen MR) is 103 cm³/mol. The van der Waals surface area contributed by atoms with Gasteiger partial charge in [-0.25, -0.2) is 0 Å². The Morgan fingerprint density at radius 1 is 1.17 bits per heavy atom. The number of rotatable bonds is 5. The van der Waals surface area contributed by atoms with E-state index in [0.29, 0.717) is 48.5 Å². The highest BCUT2D eigenvalue weighted by Gasteiger charge is 2.36. The van der Waals surface area contributed by atoms with Crippen LogP contribution in [0.25, 0.3) is 11.4 Å². The van der Waals surface area contributed by atoms with E-state index in [9.17, 15) is 4.79 Å². The molecule has 2 aromatic carbocycles. The second-order valence-corrected chi connectivity index (χ2v) is 6.83. The van der Waals surface area contributed by atoms with Gasteiger partial charge < -0.3 is 23.6 Å². The Balaban J connectivity index is 1.37. The first-order chi connectivity index (χ1) is 14.2. The lowest BCUT2D eigenvalue weighted by atomic mass is 10.1. The van der Waals surface area contributed by atoms with Crippen LogP contribution >= 0.6 is 0 Å². The van der Waals surface area contributed by atoms with Gasteiger partial charge in [-0.1, -0.05) is 17.3 Å². The van der Waals surface area contributed by atoms with Crippen molar-refractivity contribution in [3.05, 3.63) is 48.4 Å². The molecule has 1 fully saturated rings. The molecular formula is C21H19N3O5. The minimum atomic E-state index is -0.174. The quantitative estimate of drug-likeness (QED) is 0.657. The fraction of sp³-hybridized carbons (Fsp3) is 0.286. The van der Waals surface area contributed by atoms with Crippen molar-refractivity contribution >= 4 is 11.6 Å². The number of aromatic nitrogens is 2. The van der Waals surface area contributed by atoms with Gasteiger partial charge in [-0.05, 0) is 37.3 Å². The number of anilines is 1. The van der Waals surface area contributed by atoms with Crippen molar-refractivity contribution in [3.63, 3.8) is 0 Å². The van der Waals surface area contributed by atoms with E-state index in [1.54, 1.807) is 4.90 Å². The molecule has 0 bridgehead atoms. The largest absolute Gasteiger partial charge is 0.492 e. The number of carbonyl (C=O) groups is 1. The summed E-state index contributed by atoms with van der Waals surface area (Å²) in [6.07, 6.45) is 0.309. The molecule has 3 aromatic rings. The number of benzene rings is 2. The number of ether oxygens (including phenoxy) is 3. The van der Waals surface area contributed by atoms with E-state index in [0.717, 1.165) is 11.3 Å². The van der Waals surface area contributed by atoms with Crippen LogP contribution in [0.3, 0.4) is 0 Å². The van der Waals surface area contributed by atoms with Gasteiger partial charge in [0.1, 0.15) is 5.75 Å². The summed E-state index contributed by atoms with van der Waals surface area (Å²) in [4.78, 5) is 18.9. The molecule has 1 atom stereocenters. The number of para-hydroxylation sites is 2. The summed E-state index contributed by atoms with van der Waals surface area (Å²) in [6, 6.07) is 13.0. The zero-order valence-corrected chi connectivity index (χ0v) is 15.8. The molecule has 8 heteroatoms. The third kappa shape index (κ3) is 3.16. The maximum absolute atomic E-state index is 12.7. The summed E-state index contributed by atoms with van der Waals surface area (Å²) in [5.74, 6) is 2.78. The van der Waals surface area contributed by atoms with Crippen LogP contribution in [0.2, 0.25) is 0 Å². The average Bonchev–Trinajstić information content (AvgIpc) is 3.47. The van der Waals surface area contributed by atoms with Crippen molar-refractivity contribution in [2.45, 2.75) is 19.3 Å². The first-order valence-corrected chi connectivity index (χ1v) is 9.48. The Morgan fingerprint density at radius 3 is 2.93 bits per heavy atom. The smallest absolute Gasteiger partial charge is 0.232 e. The number of nitrogens with zero attached hydrogens (tertiary/aromatic N) is 3. The van der Waals surface area contributed by atoms with Gasteiger partial charge in [-0.3, -0.25) is 4.79 Å². The van der Waals surface area contributed by atoms with Gasteiger partial charge in [0.25, 0.3) is 0 Å². The Kier molecular flexibility index (Phi) is 4.31. The fourth-order valence-electron chi connectivity index (χ4n) is 3.62. The van der Waals surface area contributed by atoms with Crippen molar-refractivity contribution in [1.82, 2.24) is 10.1 Å². The summed E-state index contributed by atoms with van der Waals surface area (Å²) in [5.41, 5.74) is 1.53. The third-order valence-corrected chi connectivity index (χ3v) is 5.00. The maximum atomic E-state index is 12.7. The summed E-state index contributed by atoms with van der Waals surface area (Å²) >= 11 is 0. The molecule has 0 radical (unpaired) electrons. The van der Waals surface area contributed by atoms with Crippen LogP contribution in [0, 0.1) is 0 Å². The summed E-state index contributed by atoms with van der Waals surface area (Å²) < 4.78 is 21.9. The zero-order chi connectivity index (χ0) is 19.8. The number of amides is 1. The molecule has 2 aliphatic heterocycles. The fourth-order valence-corrected chi connectivity index (χ4v) is 3.62. The van der Waals surface area contributed by atoms with E-state index in [2.05, 4.69) is 10.1 Å². The van der Waals surface area contributed by atoms with Gasteiger partial charge in [0.15, 0.2) is 11.5 Å². The van der Waals surface area contributed by atoms with Crippen LogP contribution in [-0.4, -0.2) is 36.0 Å². The molecule has 5 rings (SSSR count). The Morgan fingerprint density at radius 2 is 2.03 bits per heavy atom. The number of carbonyl (C=O) groups excluding carboxylic acids is 1. The number of hydrogen-bond donors (Lipinski definition) is 0. The van der Waals surface area contributed by atoms with Crippen LogP contribution in [-0.2, 0) is 4.79 Å². The van der Waals surface area contributed by atoms with E-state index < -0.39 is 0 Å². The molecule has 0 spiro atoms. The first-order valence-electron chi connectivity index (χ1n) is 9.48. The van der Waals surface area contributed by atoms with Crippen LogP contribution in [0.4, 0.5) is 5.69 Å². The monoisotopic (exact) mass is 393 g/mol. The summed E-state index contributed by atoms with van der Waals surface area (Å²) in [5, 5.41) is 4.09. The highest BCUT2D eigenvalue weighted by atomic mass is 16.7. The average molecular weight is 393 g/mol. The first kappa shape index (κ1) is 17.5. The van der Waals surface area contributed by atoms with Crippen LogP contribution in [0.1, 0.15) is 25.2 Å². The van der Waals surface area contributed by atoms with E-state index in [-0.39, 0.29) is 18.6 Å². The highest BCUT2D eigenvalue weighted by Crippen LogP contribution is 2.38. The van der Waals surface area contributed by atoms with Gasteiger partial charge in [0, 0.05) is 18.5 Å². The second-order valence-electron chi connectivity index (χ2n) is 6.83. The standard InChI is InChI=1S/C21H19N3O5/c1-2-26-16-6-4-3-5-15(16)24-11-14(10-19(24)25)21-22-20(23-29-21)13-7-8-17-18(9-13)28-12-27-17/h3-9,14H,2,10-12H2,1H3. The van der Waals surface area contributed by atoms with Crippen LogP contribution < -0.4 is 19.1 Å². The van der Waals surface area contributed by atoms with Crippen LogP contribution in [0.5, 0.6) is 17.2 Å². The minimum absolute atomic E-state index is 0.00461. The zero-order valence-electron chi connectivity index (χ0n) is 15.8. The van der Waals surface area contributed by atoms with Crippen molar-refractivity contribution in [2.75, 3.05) is 24.8 Å². The van der Waals surface area contributed by atoms with Crippen LogP contribution in [0.15, 0.2) is 47.0 Å². The lowest BCUT2D eigenvalue weighted by Crippen LogP contribution is -2.25. The van der Waals surface area contributed by atoms with Crippen molar-refractivity contribution in [3.8, 4) is 28.6 Å². The Labute approximate surface area is 167 Å². The van der Waals surface area contributed by atoms with Gasteiger partial charge in [-0.2, -0.15) is 4.98 Å². The van der Waals surface area contributed by atoms with E-state index >= 15 is 0 Å². The molecule has 0 aliphatic carbocycles. The highest BCUT2D eigenvalue weighted by molar-refractivity contribution is 5.97. The topological polar surface area (TPSA) is 86.9 Å². The lowest BCUT2D eigenvalue weighted by molar-refractivity contribution is -0.117. The molecule has 1 aromatic heterocycles. The predicted octanol–water partition coefficient (Wildman–Crippen LogP) is 3.38. The Hall–Kier alpha value is -3.55. The normalized spacial score (nSPS) is 17.8. The summed E-state index contributed by atoms with van der Waals surface area (Å²) in [7, 11) is 0. The summed E-state index contributed by atoms with van der Waals surface area (Å²) in [6.45, 7) is 3.12. The Bertz CT molecular complexity index is 1060. The molecule has 2 aliphatic rings.